The zero-order valence-electron chi connectivity index (χ0n) is 8.86. The first-order chi connectivity index (χ1) is 7.43. The van der Waals surface area contributed by atoms with Crippen LogP contribution in [0.2, 0.25) is 5.22 Å². The molecule has 0 aliphatic heterocycles. The number of carboxylic acid groups (broad SMARTS) is 1. The average Bonchev–Trinajstić information content (AvgIpc) is 2.59. The number of aliphatic carboxylic acids is 1. The van der Waals surface area contributed by atoms with Crippen LogP contribution in [0.25, 0.3) is 0 Å². The van der Waals surface area contributed by atoms with Crippen LogP contribution in [0.1, 0.15) is 24.2 Å². The van der Waals surface area contributed by atoms with Crippen LogP contribution >= 0.6 is 11.6 Å². The third kappa shape index (κ3) is 2.76. The molecule has 0 aliphatic carbocycles. The summed E-state index contributed by atoms with van der Waals surface area (Å²) < 4.78 is 4.75. The van der Waals surface area contributed by atoms with Gasteiger partial charge in [-0.25, -0.2) is 4.79 Å². The predicted molar refractivity (Wildman–Crippen MR) is 57.4 cm³/mol. The molecular weight excluding hydrogens is 234 g/mol. The maximum Gasteiger partial charge on any atom is 0.326 e. The molecule has 5 nitrogen and oxygen atoms in total. The Morgan fingerprint density at radius 3 is 2.50 bits per heavy atom. The summed E-state index contributed by atoms with van der Waals surface area (Å²) in [5.74, 6) is -1.85. The second-order valence-corrected chi connectivity index (χ2v) is 3.98. The maximum absolute atomic E-state index is 11.6. The molecule has 0 bridgehead atoms. The van der Waals surface area contributed by atoms with E-state index in [-0.39, 0.29) is 16.7 Å². The number of amides is 1. The molecule has 0 aliphatic rings. The Kier molecular flexibility index (Phi) is 3.95. The largest absolute Gasteiger partial charge is 0.480 e. The lowest BCUT2D eigenvalue weighted by molar-refractivity contribution is -0.140. The molecule has 6 heteroatoms. The Bertz CT molecular complexity index is 399. The molecule has 0 aromatic carbocycles. The SMILES string of the molecule is CC(C)[C@H](NC(=O)c1ccoc1Cl)C(=O)O. The molecule has 0 radical (unpaired) electrons. The lowest BCUT2D eigenvalue weighted by Gasteiger charge is -2.17. The van der Waals surface area contributed by atoms with Crippen molar-refractivity contribution >= 4 is 23.5 Å². The van der Waals surface area contributed by atoms with Crippen LogP contribution in [0.5, 0.6) is 0 Å². The Morgan fingerprint density at radius 2 is 2.12 bits per heavy atom. The van der Waals surface area contributed by atoms with Crippen LogP contribution in [0.3, 0.4) is 0 Å². The number of rotatable bonds is 4. The van der Waals surface area contributed by atoms with Crippen LogP contribution in [0.15, 0.2) is 16.7 Å². The number of furan rings is 1. The molecule has 1 heterocycles. The highest BCUT2D eigenvalue weighted by Crippen LogP contribution is 2.16. The Hall–Kier alpha value is -1.49. The number of nitrogens with one attached hydrogen (secondary N) is 1. The van der Waals surface area contributed by atoms with E-state index < -0.39 is 17.9 Å². The molecule has 0 saturated heterocycles. The van der Waals surface area contributed by atoms with Gasteiger partial charge in [0.25, 0.3) is 5.91 Å². The summed E-state index contributed by atoms with van der Waals surface area (Å²) in [6, 6.07) is 0.440. The molecule has 0 fully saturated rings. The van der Waals surface area contributed by atoms with Gasteiger partial charge in [-0.3, -0.25) is 4.79 Å². The van der Waals surface area contributed by atoms with Crippen molar-refractivity contribution in [2.45, 2.75) is 19.9 Å². The standard InChI is InChI=1S/C10H12ClNO4/c1-5(2)7(10(14)15)12-9(13)6-3-4-16-8(6)11/h3-5,7H,1-2H3,(H,12,13)(H,14,15)/t7-/m0/s1. The molecule has 1 amide bonds. The van der Waals surface area contributed by atoms with E-state index in [1.807, 2.05) is 0 Å². The highest BCUT2D eigenvalue weighted by molar-refractivity contribution is 6.32. The van der Waals surface area contributed by atoms with Crippen molar-refractivity contribution in [3.63, 3.8) is 0 Å². The molecule has 1 rings (SSSR count). The number of halogens is 1. The van der Waals surface area contributed by atoms with E-state index in [0.29, 0.717) is 0 Å². The quantitative estimate of drug-likeness (QED) is 0.847. The highest BCUT2D eigenvalue weighted by atomic mass is 35.5. The lowest BCUT2D eigenvalue weighted by Crippen LogP contribution is -2.44. The van der Waals surface area contributed by atoms with Gasteiger partial charge in [0.05, 0.1) is 11.8 Å². The first kappa shape index (κ1) is 12.6. The fourth-order valence-corrected chi connectivity index (χ4v) is 1.39. The van der Waals surface area contributed by atoms with Gasteiger partial charge in [0.2, 0.25) is 5.22 Å². The minimum Gasteiger partial charge on any atom is -0.480 e. The number of carbonyl (C=O) groups is 2. The van der Waals surface area contributed by atoms with E-state index in [4.69, 9.17) is 21.1 Å². The fraction of sp³-hybridized carbons (Fsp3) is 0.400. The predicted octanol–water partition coefficient (Wildman–Crippen LogP) is 1.77. The third-order valence-electron chi connectivity index (χ3n) is 2.08. The molecular formula is C10H12ClNO4. The zero-order chi connectivity index (χ0) is 12.3. The molecule has 1 aromatic heterocycles. The minimum atomic E-state index is -1.08. The Morgan fingerprint density at radius 1 is 1.50 bits per heavy atom. The Labute approximate surface area is 97.4 Å². The first-order valence-electron chi connectivity index (χ1n) is 4.70. The summed E-state index contributed by atoms with van der Waals surface area (Å²) in [6.07, 6.45) is 1.27. The van der Waals surface area contributed by atoms with Gasteiger partial charge in [-0.05, 0) is 23.6 Å². The van der Waals surface area contributed by atoms with Crippen molar-refractivity contribution < 1.29 is 19.1 Å². The van der Waals surface area contributed by atoms with Crippen LogP contribution in [0.4, 0.5) is 0 Å². The summed E-state index contributed by atoms with van der Waals surface area (Å²) >= 11 is 5.60. The summed E-state index contributed by atoms with van der Waals surface area (Å²) in [6.45, 7) is 3.41. The Balaban J connectivity index is 2.77. The molecule has 88 valence electrons. The van der Waals surface area contributed by atoms with Crippen LogP contribution in [0, 0.1) is 5.92 Å². The zero-order valence-corrected chi connectivity index (χ0v) is 9.62. The van der Waals surface area contributed by atoms with E-state index in [9.17, 15) is 9.59 Å². The number of carboxylic acids is 1. The smallest absolute Gasteiger partial charge is 0.326 e. The topological polar surface area (TPSA) is 79.5 Å². The summed E-state index contributed by atoms with van der Waals surface area (Å²) in [4.78, 5) is 22.5. The summed E-state index contributed by atoms with van der Waals surface area (Å²) in [5, 5.41) is 11.2. The van der Waals surface area contributed by atoms with Gasteiger partial charge < -0.3 is 14.8 Å². The monoisotopic (exact) mass is 245 g/mol. The number of carbonyl (C=O) groups excluding carboxylic acids is 1. The minimum absolute atomic E-state index is 0.0506. The third-order valence-corrected chi connectivity index (χ3v) is 2.37. The van der Waals surface area contributed by atoms with Crippen LogP contribution in [-0.4, -0.2) is 23.0 Å². The van der Waals surface area contributed by atoms with E-state index in [1.54, 1.807) is 13.8 Å². The molecule has 0 spiro atoms. The van der Waals surface area contributed by atoms with Gasteiger partial charge in [-0.1, -0.05) is 13.8 Å². The van der Waals surface area contributed by atoms with Gasteiger partial charge in [-0.15, -0.1) is 0 Å². The van der Waals surface area contributed by atoms with E-state index >= 15 is 0 Å². The first-order valence-corrected chi connectivity index (χ1v) is 5.08. The van der Waals surface area contributed by atoms with Crippen molar-refractivity contribution in [2.75, 3.05) is 0 Å². The average molecular weight is 246 g/mol. The van der Waals surface area contributed by atoms with Crippen LogP contribution < -0.4 is 5.32 Å². The maximum atomic E-state index is 11.6. The molecule has 1 aromatic rings. The van der Waals surface area contributed by atoms with Crippen molar-refractivity contribution in [2.24, 2.45) is 5.92 Å². The lowest BCUT2D eigenvalue weighted by atomic mass is 10.0. The van der Waals surface area contributed by atoms with Crippen molar-refractivity contribution in [3.05, 3.63) is 23.1 Å². The van der Waals surface area contributed by atoms with Gasteiger partial charge in [0.15, 0.2) is 0 Å². The van der Waals surface area contributed by atoms with Crippen molar-refractivity contribution in [1.29, 1.82) is 0 Å². The van der Waals surface area contributed by atoms with E-state index in [1.165, 1.54) is 12.3 Å². The second-order valence-electron chi connectivity index (χ2n) is 3.64. The summed E-state index contributed by atoms with van der Waals surface area (Å²) in [5.41, 5.74) is 0.133. The molecule has 0 saturated carbocycles. The normalized spacial score (nSPS) is 12.5. The van der Waals surface area contributed by atoms with Crippen LogP contribution in [-0.2, 0) is 4.79 Å². The van der Waals surface area contributed by atoms with Gasteiger partial charge in [0.1, 0.15) is 6.04 Å². The van der Waals surface area contributed by atoms with Gasteiger partial charge in [-0.2, -0.15) is 0 Å². The number of hydrogen-bond acceptors (Lipinski definition) is 3. The van der Waals surface area contributed by atoms with Gasteiger partial charge in [0, 0.05) is 0 Å². The van der Waals surface area contributed by atoms with Crippen molar-refractivity contribution in [3.8, 4) is 0 Å². The molecule has 2 N–H and O–H groups in total. The van der Waals surface area contributed by atoms with Crippen molar-refractivity contribution in [1.82, 2.24) is 5.32 Å². The molecule has 0 unspecified atom stereocenters. The van der Waals surface area contributed by atoms with E-state index in [2.05, 4.69) is 5.32 Å². The summed E-state index contributed by atoms with van der Waals surface area (Å²) in [7, 11) is 0. The highest BCUT2D eigenvalue weighted by Gasteiger charge is 2.25. The van der Waals surface area contributed by atoms with Gasteiger partial charge >= 0.3 is 5.97 Å². The number of hydrogen-bond donors (Lipinski definition) is 2. The van der Waals surface area contributed by atoms with E-state index in [0.717, 1.165) is 0 Å². The fourth-order valence-electron chi connectivity index (χ4n) is 1.19. The molecule has 1 atom stereocenters. The second kappa shape index (κ2) is 5.03. The molecule has 16 heavy (non-hydrogen) atoms.